The molecule has 0 unspecified atom stereocenters. The van der Waals surface area contributed by atoms with Crippen LogP contribution >= 0.6 is 0 Å². The highest BCUT2D eigenvalue weighted by atomic mass is 16.3. The number of phenolic OH excluding ortho intramolecular Hbond substituents is 1. The van der Waals surface area contributed by atoms with Gasteiger partial charge in [0.15, 0.2) is 0 Å². The maximum atomic E-state index is 9.24. The Morgan fingerprint density at radius 2 is 2.15 bits per heavy atom. The lowest BCUT2D eigenvalue weighted by atomic mass is 10.1. The van der Waals surface area contributed by atoms with E-state index in [2.05, 4.69) is 11.1 Å². The molecule has 1 aromatic heterocycles. The van der Waals surface area contributed by atoms with Crippen molar-refractivity contribution in [2.75, 3.05) is 0 Å². The predicted molar refractivity (Wildman–Crippen MR) is 50.2 cm³/mol. The average molecular weight is 170 g/mol. The molecule has 2 aromatic rings. The quantitative estimate of drug-likeness (QED) is 0.712. The maximum absolute atomic E-state index is 9.24. The van der Waals surface area contributed by atoms with Crippen molar-refractivity contribution in [3.8, 4) is 16.9 Å². The van der Waals surface area contributed by atoms with E-state index in [0.29, 0.717) is 0 Å². The molecule has 63 valence electrons. The standard InChI is InChI=1S/C11H8NO/c13-11-5-1-3-9(7-11)10-4-2-6-12-8-10/h1,3-8,13H. The highest BCUT2D eigenvalue weighted by Gasteiger charge is 1.96. The normalized spacial score (nSPS) is 9.85. The fourth-order valence-corrected chi connectivity index (χ4v) is 1.17. The van der Waals surface area contributed by atoms with Crippen molar-refractivity contribution >= 4 is 0 Å². The third-order valence-electron chi connectivity index (χ3n) is 1.78. The van der Waals surface area contributed by atoms with Gasteiger partial charge in [-0.25, -0.2) is 0 Å². The maximum Gasteiger partial charge on any atom is 0.116 e. The summed E-state index contributed by atoms with van der Waals surface area (Å²) < 4.78 is 0. The minimum Gasteiger partial charge on any atom is -0.508 e. The SMILES string of the molecule is Oc1cccc(-c2c[c]cnc2)c1. The summed E-state index contributed by atoms with van der Waals surface area (Å²) in [6, 6.07) is 11.8. The van der Waals surface area contributed by atoms with Crippen LogP contribution in [-0.2, 0) is 0 Å². The summed E-state index contributed by atoms with van der Waals surface area (Å²) in [4.78, 5) is 3.95. The van der Waals surface area contributed by atoms with Gasteiger partial charge < -0.3 is 5.11 Å². The number of aromatic nitrogens is 1. The largest absolute Gasteiger partial charge is 0.508 e. The van der Waals surface area contributed by atoms with Crippen LogP contribution in [0.2, 0.25) is 0 Å². The molecule has 0 bridgehead atoms. The van der Waals surface area contributed by atoms with E-state index < -0.39 is 0 Å². The second-order valence-corrected chi connectivity index (χ2v) is 2.72. The van der Waals surface area contributed by atoms with Gasteiger partial charge in [-0.1, -0.05) is 12.1 Å². The number of rotatable bonds is 1. The van der Waals surface area contributed by atoms with E-state index in [-0.39, 0.29) is 5.75 Å². The number of hydrogen-bond acceptors (Lipinski definition) is 2. The molecule has 1 aromatic carbocycles. The summed E-state index contributed by atoms with van der Waals surface area (Å²) in [7, 11) is 0. The average Bonchev–Trinajstić information content (AvgIpc) is 2.19. The zero-order chi connectivity index (χ0) is 9.10. The van der Waals surface area contributed by atoms with Crippen LogP contribution in [0.1, 0.15) is 0 Å². The highest BCUT2D eigenvalue weighted by Crippen LogP contribution is 2.21. The van der Waals surface area contributed by atoms with Gasteiger partial charge in [0.05, 0.1) is 0 Å². The van der Waals surface area contributed by atoms with Crippen LogP contribution in [-0.4, -0.2) is 10.1 Å². The first-order valence-corrected chi connectivity index (χ1v) is 3.97. The van der Waals surface area contributed by atoms with Crippen molar-refractivity contribution in [2.24, 2.45) is 0 Å². The molecular weight excluding hydrogens is 162 g/mol. The molecule has 0 amide bonds. The van der Waals surface area contributed by atoms with Crippen LogP contribution in [0.25, 0.3) is 11.1 Å². The van der Waals surface area contributed by atoms with Gasteiger partial charge in [-0.2, -0.15) is 0 Å². The molecule has 2 nitrogen and oxygen atoms in total. The lowest BCUT2D eigenvalue weighted by molar-refractivity contribution is 0.475. The fourth-order valence-electron chi connectivity index (χ4n) is 1.17. The summed E-state index contributed by atoms with van der Waals surface area (Å²) in [6.45, 7) is 0. The summed E-state index contributed by atoms with van der Waals surface area (Å²) in [5.41, 5.74) is 1.91. The third-order valence-corrected chi connectivity index (χ3v) is 1.78. The van der Waals surface area contributed by atoms with E-state index in [1.54, 1.807) is 30.6 Å². The molecule has 0 saturated carbocycles. The van der Waals surface area contributed by atoms with Crippen molar-refractivity contribution in [2.45, 2.75) is 0 Å². The third kappa shape index (κ3) is 1.67. The van der Waals surface area contributed by atoms with Crippen molar-refractivity contribution in [1.29, 1.82) is 0 Å². The van der Waals surface area contributed by atoms with E-state index in [1.807, 2.05) is 12.1 Å². The Balaban J connectivity index is 2.48. The Morgan fingerprint density at radius 3 is 2.85 bits per heavy atom. The van der Waals surface area contributed by atoms with Crippen molar-refractivity contribution in [3.05, 3.63) is 48.8 Å². The second-order valence-electron chi connectivity index (χ2n) is 2.72. The number of pyridine rings is 1. The number of benzene rings is 1. The monoisotopic (exact) mass is 170 g/mol. The smallest absolute Gasteiger partial charge is 0.116 e. The van der Waals surface area contributed by atoms with Crippen LogP contribution in [0.4, 0.5) is 0 Å². The van der Waals surface area contributed by atoms with E-state index in [4.69, 9.17) is 0 Å². The predicted octanol–water partition coefficient (Wildman–Crippen LogP) is 2.25. The Kier molecular flexibility index (Phi) is 1.96. The van der Waals surface area contributed by atoms with Gasteiger partial charge in [-0.15, -0.1) is 0 Å². The molecule has 0 saturated heterocycles. The van der Waals surface area contributed by atoms with Gasteiger partial charge in [0.25, 0.3) is 0 Å². The number of hydrogen-bond donors (Lipinski definition) is 1. The first-order chi connectivity index (χ1) is 6.36. The van der Waals surface area contributed by atoms with E-state index >= 15 is 0 Å². The van der Waals surface area contributed by atoms with Gasteiger partial charge in [-0.05, 0) is 23.8 Å². The molecule has 2 rings (SSSR count). The Hall–Kier alpha value is -1.83. The zero-order valence-electron chi connectivity index (χ0n) is 6.94. The molecular formula is C11H8NO. The van der Waals surface area contributed by atoms with Crippen LogP contribution in [0.15, 0.2) is 42.7 Å². The number of nitrogens with zero attached hydrogens (tertiary/aromatic N) is 1. The van der Waals surface area contributed by atoms with Gasteiger partial charge in [0.2, 0.25) is 0 Å². The minimum absolute atomic E-state index is 0.265. The molecule has 1 N–H and O–H groups in total. The van der Waals surface area contributed by atoms with Crippen LogP contribution in [0.5, 0.6) is 5.75 Å². The van der Waals surface area contributed by atoms with Gasteiger partial charge in [0.1, 0.15) is 5.75 Å². The second kappa shape index (κ2) is 3.27. The lowest BCUT2D eigenvalue weighted by Crippen LogP contribution is -1.78. The molecule has 0 atom stereocenters. The summed E-state index contributed by atoms with van der Waals surface area (Å²) in [5.74, 6) is 0.265. The Bertz CT molecular complexity index is 398. The topological polar surface area (TPSA) is 33.1 Å². The molecule has 0 aliphatic heterocycles. The first kappa shape index (κ1) is 7.80. The van der Waals surface area contributed by atoms with Gasteiger partial charge in [0, 0.05) is 24.0 Å². The summed E-state index contributed by atoms with van der Waals surface area (Å²) in [6.07, 6.45) is 3.34. The molecule has 0 spiro atoms. The van der Waals surface area contributed by atoms with Crippen LogP contribution in [0, 0.1) is 6.07 Å². The molecule has 0 aliphatic rings. The lowest BCUT2D eigenvalue weighted by Gasteiger charge is -1.99. The number of phenols is 1. The number of aromatic hydroxyl groups is 1. The molecule has 1 radical (unpaired) electrons. The van der Waals surface area contributed by atoms with Crippen LogP contribution < -0.4 is 0 Å². The fraction of sp³-hybridized carbons (Fsp3) is 0. The molecule has 2 heteroatoms. The minimum atomic E-state index is 0.265. The van der Waals surface area contributed by atoms with Crippen molar-refractivity contribution in [1.82, 2.24) is 4.98 Å². The zero-order valence-corrected chi connectivity index (χ0v) is 6.94. The molecule has 0 aliphatic carbocycles. The Morgan fingerprint density at radius 1 is 1.23 bits per heavy atom. The van der Waals surface area contributed by atoms with Crippen LogP contribution in [0.3, 0.4) is 0 Å². The van der Waals surface area contributed by atoms with Gasteiger partial charge in [-0.3, -0.25) is 4.98 Å². The molecule has 1 heterocycles. The molecule has 0 fully saturated rings. The highest BCUT2D eigenvalue weighted by molar-refractivity contribution is 5.63. The Labute approximate surface area is 76.5 Å². The van der Waals surface area contributed by atoms with E-state index in [1.165, 1.54) is 0 Å². The van der Waals surface area contributed by atoms with Crippen molar-refractivity contribution < 1.29 is 5.11 Å². The van der Waals surface area contributed by atoms with E-state index in [9.17, 15) is 5.11 Å². The first-order valence-electron chi connectivity index (χ1n) is 3.97. The molecule has 13 heavy (non-hydrogen) atoms. The van der Waals surface area contributed by atoms with Crippen molar-refractivity contribution in [3.63, 3.8) is 0 Å². The van der Waals surface area contributed by atoms with Gasteiger partial charge >= 0.3 is 0 Å². The summed E-state index contributed by atoms with van der Waals surface area (Å²) in [5, 5.41) is 9.24. The van der Waals surface area contributed by atoms with E-state index in [0.717, 1.165) is 11.1 Å². The summed E-state index contributed by atoms with van der Waals surface area (Å²) >= 11 is 0.